The van der Waals surface area contributed by atoms with Gasteiger partial charge in [0.1, 0.15) is 23.7 Å². The van der Waals surface area contributed by atoms with Crippen molar-refractivity contribution in [3.8, 4) is 5.75 Å². The van der Waals surface area contributed by atoms with Crippen LogP contribution in [0, 0.1) is 6.92 Å². The largest absolute Gasteiger partial charge is 0.487 e. The first kappa shape index (κ1) is 15.8. The Bertz CT molecular complexity index is 605. The summed E-state index contributed by atoms with van der Waals surface area (Å²) in [4.78, 5) is 0. The van der Waals surface area contributed by atoms with Gasteiger partial charge in [0.15, 0.2) is 0 Å². The van der Waals surface area contributed by atoms with Gasteiger partial charge in [0.05, 0.1) is 0 Å². The summed E-state index contributed by atoms with van der Waals surface area (Å²) in [5, 5.41) is 11.7. The van der Waals surface area contributed by atoms with Gasteiger partial charge < -0.3 is 10.1 Å². The number of ether oxygens (including phenoxy) is 1. The Balaban J connectivity index is 2.09. The molecule has 0 aliphatic carbocycles. The van der Waals surface area contributed by atoms with Gasteiger partial charge in [-0.15, -0.1) is 0 Å². The van der Waals surface area contributed by atoms with E-state index < -0.39 is 0 Å². The minimum Gasteiger partial charge on any atom is -0.487 e. The van der Waals surface area contributed by atoms with E-state index in [0.717, 1.165) is 17.0 Å². The summed E-state index contributed by atoms with van der Waals surface area (Å²) in [6, 6.07) is 5.58. The van der Waals surface area contributed by atoms with Crippen molar-refractivity contribution in [3.63, 3.8) is 0 Å². The van der Waals surface area contributed by atoms with Crippen molar-refractivity contribution in [2.75, 3.05) is 0 Å². The van der Waals surface area contributed by atoms with Crippen LogP contribution in [0.2, 0.25) is 5.02 Å². The second-order valence-corrected chi connectivity index (χ2v) is 6.38. The lowest BCUT2D eigenvalue weighted by molar-refractivity contribution is 0.267. The van der Waals surface area contributed by atoms with E-state index in [1.54, 1.807) is 0 Å². The average molecular weight is 310 g/mol. The Hall–Kier alpha value is -1.59. The van der Waals surface area contributed by atoms with Crippen LogP contribution < -0.4 is 10.1 Å². The molecule has 0 radical (unpaired) electrons. The topological polar surface area (TPSA) is 60.2 Å². The molecule has 5 nitrogen and oxygen atoms in total. The van der Waals surface area contributed by atoms with Gasteiger partial charge in [-0.05, 0) is 45.9 Å². The van der Waals surface area contributed by atoms with Crippen molar-refractivity contribution < 1.29 is 9.37 Å². The Morgan fingerprint density at radius 3 is 2.67 bits per heavy atom. The smallest absolute Gasteiger partial charge is 0.145 e. The number of nitrogens with one attached hydrogen (secondary N) is 1. The molecule has 0 bridgehead atoms. The highest BCUT2D eigenvalue weighted by Crippen LogP contribution is 2.24. The zero-order valence-electron chi connectivity index (χ0n) is 12.7. The summed E-state index contributed by atoms with van der Waals surface area (Å²) < 4.78 is 10.5. The predicted octanol–water partition coefficient (Wildman–Crippen LogP) is 3.50. The molecule has 21 heavy (non-hydrogen) atoms. The Labute approximate surface area is 129 Å². The van der Waals surface area contributed by atoms with Crippen molar-refractivity contribution in [3.05, 3.63) is 40.2 Å². The van der Waals surface area contributed by atoms with Crippen LogP contribution in [0.5, 0.6) is 5.75 Å². The highest BCUT2D eigenvalue weighted by Gasteiger charge is 2.13. The third kappa shape index (κ3) is 4.72. The minimum absolute atomic E-state index is 0.0200. The maximum Gasteiger partial charge on any atom is 0.145 e. The van der Waals surface area contributed by atoms with Gasteiger partial charge in [0.25, 0.3) is 0 Å². The molecule has 1 aromatic heterocycles. The van der Waals surface area contributed by atoms with E-state index in [9.17, 15) is 0 Å². The molecule has 0 aliphatic heterocycles. The molecule has 0 unspecified atom stereocenters. The van der Waals surface area contributed by atoms with Crippen LogP contribution in [0.1, 0.15) is 37.7 Å². The van der Waals surface area contributed by atoms with Gasteiger partial charge in [0.2, 0.25) is 0 Å². The average Bonchev–Trinajstić information content (AvgIpc) is 2.80. The van der Waals surface area contributed by atoms with Crippen LogP contribution in [-0.4, -0.2) is 15.9 Å². The molecule has 0 atom stereocenters. The molecule has 0 saturated carbocycles. The van der Waals surface area contributed by atoms with Gasteiger partial charge in [-0.25, -0.2) is 4.63 Å². The first-order valence-electron chi connectivity index (χ1n) is 6.79. The van der Waals surface area contributed by atoms with Crippen LogP contribution in [0.25, 0.3) is 0 Å². The summed E-state index contributed by atoms with van der Waals surface area (Å²) >= 11 is 6.07. The molecule has 0 spiro atoms. The third-order valence-electron chi connectivity index (χ3n) is 2.94. The van der Waals surface area contributed by atoms with Gasteiger partial charge in [-0.1, -0.05) is 21.9 Å². The Morgan fingerprint density at radius 2 is 2.05 bits per heavy atom. The lowest BCUT2D eigenvalue weighted by Crippen LogP contribution is -2.35. The highest BCUT2D eigenvalue weighted by molar-refractivity contribution is 6.30. The van der Waals surface area contributed by atoms with Crippen LogP contribution in [0.3, 0.4) is 0 Å². The number of rotatable bonds is 5. The monoisotopic (exact) mass is 309 g/mol. The molecule has 1 aromatic carbocycles. The lowest BCUT2D eigenvalue weighted by atomic mass is 10.1. The van der Waals surface area contributed by atoms with Gasteiger partial charge in [-0.3, -0.25) is 0 Å². The molecule has 1 heterocycles. The molecular formula is C15H20ClN3O2. The van der Waals surface area contributed by atoms with E-state index in [2.05, 4.69) is 41.0 Å². The molecule has 0 fully saturated rings. The summed E-state index contributed by atoms with van der Waals surface area (Å²) in [6.07, 6.45) is 0. The molecule has 2 rings (SSSR count). The van der Waals surface area contributed by atoms with E-state index in [-0.39, 0.29) is 5.54 Å². The second-order valence-electron chi connectivity index (χ2n) is 5.94. The molecule has 1 N–H and O–H groups in total. The number of halogens is 1. The number of aryl methyl sites for hydroxylation is 1. The van der Waals surface area contributed by atoms with Crippen LogP contribution in [0.4, 0.5) is 0 Å². The predicted molar refractivity (Wildman–Crippen MR) is 81.4 cm³/mol. The second kappa shape index (κ2) is 6.45. The Kier molecular flexibility index (Phi) is 4.85. The molecule has 0 amide bonds. The minimum atomic E-state index is 0.0200. The van der Waals surface area contributed by atoms with E-state index in [1.165, 1.54) is 0 Å². The summed E-state index contributed by atoms with van der Waals surface area (Å²) in [5.74, 6) is 0.776. The van der Waals surface area contributed by atoms with Crippen molar-refractivity contribution in [2.24, 2.45) is 0 Å². The van der Waals surface area contributed by atoms with Gasteiger partial charge in [-0.2, -0.15) is 0 Å². The number of nitrogens with zero attached hydrogens (tertiary/aromatic N) is 2. The normalized spacial score (nSPS) is 11.7. The number of benzene rings is 1. The molecule has 0 saturated heterocycles. The van der Waals surface area contributed by atoms with Crippen molar-refractivity contribution in [1.29, 1.82) is 0 Å². The number of hydrogen-bond acceptors (Lipinski definition) is 5. The zero-order valence-corrected chi connectivity index (χ0v) is 13.5. The fourth-order valence-corrected chi connectivity index (χ4v) is 1.91. The zero-order chi connectivity index (χ0) is 15.5. The van der Waals surface area contributed by atoms with Crippen molar-refractivity contribution >= 4 is 11.6 Å². The molecule has 2 aromatic rings. The van der Waals surface area contributed by atoms with E-state index in [1.807, 2.05) is 25.1 Å². The van der Waals surface area contributed by atoms with E-state index in [4.69, 9.17) is 16.3 Å². The highest BCUT2D eigenvalue weighted by atomic mass is 35.5. The summed E-state index contributed by atoms with van der Waals surface area (Å²) in [7, 11) is 0. The molecule has 6 heteroatoms. The standard InChI is InChI=1S/C15H20ClN3O2/c1-10-13(19-21-18-10)9-20-14-6-5-12(16)7-11(14)8-17-15(2,3)4/h5-7,17H,8-9H2,1-4H3. The number of aromatic nitrogens is 2. The fourth-order valence-electron chi connectivity index (χ4n) is 1.71. The SMILES string of the molecule is Cc1nonc1COc1ccc(Cl)cc1CNC(C)(C)C. The fraction of sp³-hybridized carbons (Fsp3) is 0.467. The quantitative estimate of drug-likeness (QED) is 0.916. The molecular weight excluding hydrogens is 290 g/mol. The first-order chi connectivity index (χ1) is 9.85. The first-order valence-corrected chi connectivity index (χ1v) is 7.17. The van der Waals surface area contributed by atoms with Crippen LogP contribution >= 0.6 is 11.6 Å². The van der Waals surface area contributed by atoms with Crippen molar-refractivity contribution in [1.82, 2.24) is 15.6 Å². The van der Waals surface area contributed by atoms with Crippen LogP contribution in [0.15, 0.2) is 22.8 Å². The van der Waals surface area contributed by atoms with Crippen LogP contribution in [-0.2, 0) is 13.2 Å². The maximum atomic E-state index is 6.07. The van der Waals surface area contributed by atoms with E-state index in [0.29, 0.717) is 23.9 Å². The lowest BCUT2D eigenvalue weighted by Gasteiger charge is -2.21. The molecule has 114 valence electrons. The van der Waals surface area contributed by atoms with E-state index >= 15 is 0 Å². The Morgan fingerprint density at radius 1 is 1.29 bits per heavy atom. The summed E-state index contributed by atoms with van der Waals surface area (Å²) in [5.41, 5.74) is 2.45. The van der Waals surface area contributed by atoms with Gasteiger partial charge >= 0.3 is 0 Å². The molecule has 0 aliphatic rings. The summed E-state index contributed by atoms with van der Waals surface area (Å²) in [6.45, 7) is 9.17. The third-order valence-corrected chi connectivity index (χ3v) is 3.18. The van der Waals surface area contributed by atoms with Crippen molar-refractivity contribution in [2.45, 2.75) is 46.4 Å². The van der Waals surface area contributed by atoms with Gasteiger partial charge in [0, 0.05) is 22.7 Å². The number of hydrogen-bond donors (Lipinski definition) is 1. The maximum absolute atomic E-state index is 6.07.